The van der Waals surface area contributed by atoms with Gasteiger partial charge >= 0.3 is 11.9 Å². The Hall–Kier alpha value is -2.45. The smallest absolute Gasteiger partial charge is 0.341 e. The Kier molecular flexibility index (Phi) is 7.44. The van der Waals surface area contributed by atoms with Crippen LogP contribution in [0.15, 0.2) is 24.3 Å². The first-order valence-electron chi connectivity index (χ1n) is 10.1. The van der Waals surface area contributed by atoms with E-state index in [9.17, 15) is 9.59 Å². The third kappa shape index (κ3) is 5.37. The lowest BCUT2D eigenvalue weighted by atomic mass is 9.95. The van der Waals surface area contributed by atoms with E-state index >= 15 is 0 Å². The third-order valence-electron chi connectivity index (χ3n) is 4.60. The molecule has 1 aliphatic rings. The maximum Gasteiger partial charge on any atom is 0.341 e. The maximum atomic E-state index is 12.6. The highest BCUT2D eigenvalue weighted by molar-refractivity contribution is 7.80. The normalized spacial score (nSPS) is 12.8. The summed E-state index contributed by atoms with van der Waals surface area (Å²) >= 11 is 7.02. The molecule has 0 aliphatic heterocycles. The van der Waals surface area contributed by atoms with Crippen LogP contribution in [0.2, 0.25) is 0 Å². The highest BCUT2D eigenvalue weighted by Crippen LogP contribution is 2.38. The monoisotopic (exact) mass is 446 g/mol. The van der Waals surface area contributed by atoms with Gasteiger partial charge in [-0.1, -0.05) is 0 Å². The third-order valence-corrected chi connectivity index (χ3v) is 6.01. The second-order valence-corrected chi connectivity index (χ2v) is 8.76. The number of thiocarbonyl (C=S) groups is 1. The predicted octanol–water partition coefficient (Wildman–Crippen LogP) is 5.18. The van der Waals surface area contributed by atoms with Gasteiger partial charge in [-0.15, -0.1) is 11.3 Å². The minimum absolute atomic E-state index is 0.169. The summed E-state index contributed by atoms with van der Waals surface area (Å²) in [6, 6.07) is 6.89. The number of hydrogen-bond donors (Lipinski definition) is 2. The molecule has 0 radical (unpaired) electrons. The van der Waals surface area contributed by atoms with E-state index in [2.05, 4.69) is 10.6 Å². The molecule has 0 saturated carbocycles. The Morgan fingerprint density at radius 2 is 1.80 bits per heavy atom. The largest absolute Gasteiger partial charge is 0.462 e. The van der Waals surface area contributed by atoms with Crippen molar-refractivity contribution in [2.75, 3.05) is 17.2 Å². The fourth-order valence-corrected chi connectivity index (χ4v) is 4.88. The van der Waals surface area contributed by atoms with Crippen LogP contribution in [0.25, 0.3) is 0 Å². The summed E-state index contributed by atoms with van der Waals surface area (Å²) in [5, 5.41) is 7.35. The van der Waals surface area contributed by atoms with Gasteiger partial charge in [-0.3, -0.25) is 0 Å². The summed E-state index contributed by atoms with van der Waals surface area (Å²) in [7, 11) is 0. The number of anilines is 2. The molecule has 3 rings (SSSR count). The molecule has 30 heavy (non-hydrogen) atoms. The molecular formula is C22H26N2O4S2. The van der Waals surface area contributed by atoms with E-state index < -0.39 is 0 Å². The topological polar surface area (TPSA) is 76.7 Å². The van der Waals surface area contributed by atoms with Crippen LogP contribution in [-0.4, -0.2) is 29.8 Å². The van der Waals surface area contributed by atoms with Gasteiger partial charge in [0.15, 0.2) is 5.11 Å². The molecule has 8 heteroatoms. The molecule has 0 atom stereocenters. The number of benzene rings is 1. The quantitative estimate of drug-likeness (QED) is 0.468. The van der Waals surface area contributed by atoms with Crippen molar-refractivity contribution >= 4 is 51.3 Å². The molecule has 0 amide bonds. The van der Waals surface area contributed by atoms with Crippen molar-refractivity contribution in [1.82, 2.24) is 0 Å². The van der Waals surface area contributed by atoms with Crippen LogP contribution < -0.4 is 10.6 Å². The van der Waals surface area contributed by atoms with Crippen LogP contribution in [-0.2, 0) is 22.3 Å². The molecule has 0 unspecified atom stereocenters. The van der Waals surface area contributed by atoms with Gasteiger partial charge in [-0.2, -0.15) is 0 Å². The number of aryl methyl sites for hydroxylation is 1. The number of nitrogens with one attached hydrogen (secondary N) is 2. The van der Waals surface area contributed by atoms with Gasteiger partial charge in [0.1, 0.15) is 5.00 Å². The summed E-state index contributed by atoms with van der Waals surface area (Å²) in [5.74, 6) is -0.671. The zero-order chi connectivity index (χ0) is 21.7. The highest BCUT2D eigenvalue weighted by atomic mass is 32.1. The van der Waals surface area contributed by atoms with Crippen LogP contribution >= 0.6 is 23.6 Å². The van der Waals surface area contributed by atoms with E-state index in [1.165, 1.54) is 4.88 Å². The molecule has 160 valence electrons. The number of thiophene rings is 1. The fourth-order valence-electron chi connectivity index (χ4n) is 3.31. The van der Waals surface area contributed by atoms with Crippen LogP contribution in [0.5, 0.6) is 0 Å². The lowest BCUT2D eigenvalue weighted by Gasteiger charge is -2.13. The van der Waals surface area contributed by atoms with E-state index in [4.69, 9.17) is 21.7 Å². The minimum atomic E-state index is -0.361. The van der Waals surface area contributed by atoms with Gasteiger partial charge in [0.2, 0.25) is 0 Å². The molecule has 2 aromatic rings. The Morgan fingerprint density at radius 3 is 2.47 bits per heavy atom. The van der Waals surface area contributed by atoms with Gasteiger partial charge < -0.3 is 20.1 Å². The average molecular weight is 447 g/mol. The van der Waals surface area contributed by atoms with Crippen molar-refractivity contribution in [1.29, 1.82) is 0 Å². The average Bonchev–Trinajstić information content (AvgIpc) is 3.05. The van der Waals surface area contributed by atoms with Gasteiger partial charge in [0, 0.05) is 10.6 Å². The number of ether oxygens (including phenoxy) is 2. The number of carbonyl (C=O) groups excluding carboxylic acids is 2. The van der Waals surface area contributed by atoms with Gasteiger partial charge in [-0.25, -0.2) is 9.59 Å². The molecular weight excluding hydrogens is 420 g/mol. The summed E-state index contributed by atoms with van der Waals surface area (Å²) in [6.45, 7) is 5.75. The summed E-state index contributed by atoms with van der Waals surface area (Å²) < 4.78 is 10.5. The molecule has 0 fully saturated rings. The first-order valence-corrected chi connectivity index (χ1v) is 11.3. The molecule has 1 aliphatic carbocycles. The van der Waals surface area contributed by atoms with Gasteiger partial charge in [0.25, 0.3) is 0 Å². The zero-order valence-corrected chi connectivity index (χ0v) is 19.0. The predicted molar refractivity (Wildman–Crippen MR) is 124 cm³/mol. The molecule has 2 N–H and O–H groups in total. The van der Waals surface area contributed by atoms with Crippen molar-refractivity contribution in [2.45, 2.75) is 52.6 Å². The standard InChI is InChI=1S/C22H26N2O4S2/c1-4-27-21(26)18-16-7-5-6-8-17(16)30-19(18)24-22(29)23-15-11-9-14(10-12-15)20(25)28-13(2)3/h9-13H,4-8H2,1-3H3,(H2,23,24,29). The van der Waals surface area contributed by atoms with E-state index in [0.29, 0.717) is 22.8 Å². The molecule has 0 bridgehead atoms. The molecule has 1 aromatic carbocycles. The Bertz CT molecular complexity index is 935. The van der Waals surface area contributed by atoms with Crippen molar-refractivity contribution in [3.05, 3.63) is 45.8 Å². The second-order valence-electron chi connectivity index (χ2n) is 7.25. The van der Waals surface area contributed by atoms with E-state index in [-0.39, 0.29) is 18.0 Å². The van der Waals surface area contributed by atoms with Crippen molar-refractivity contribution < 1.29 is 19.1 Å². The van der Waals surface area contributed by atoms with Gasteiger partial charge in [-0.05, 0) is 88.5 Å². The summed E-state index contributed by atoms with van der Waals surface area (Å²) in [5.41, 5.74) is 2.90. The van der Waals surface area contributed by atoms with E-state index in [0.717, 1.165) is 41.9 Å². The SMILES string of the molecule is CCOC(=O)c1c(NC(=S)Nc2ccc(C(=O)OC(C)C)cc2)sc2c1CCCC2. The number of carbonyl (C=O) groups is 2. The van der Waals surface area contributed by atoms with Crippen molar-refractivity contribution in [3.63, 3.8) is 0 Å². The van der Waals surface area contributed by atoms with Crippen LogP contribution in [0.4, 0.5) is 10.7 Å². The zero-order valence-electron chi connectivity index (χ0n) is 17.4. The van der Waals surface area contributed by atoms with Crippen LogP contribution in [0.3, 0.4) is 0 Å². The molecule has 0 saturated heterocycles. The Labute approximate surface area is 186 Å². The second kappa shape index (κ2) is 10.0. The van der Waals surface area contributed by atoms with E-state index in [1.54, 1.807) is 42.5 Å². The number of hydrogen-bond acceptors (Lipinski definition) is 6. The Balaban J connectivity index is 1.71. The molecule has 6 nitrogen and oxygen atoms in total. The van der Waals surface area contributed by atoms with Crippen LogP contribution in [0.1, 0.15) is 64.8 Å². The first kappa shape index (κ1) is 22.2. The first-order chi connectivity index (χ1) is 14.4. The van der Waals surface area contributed by atoms with Crippen molar-refractivity contribution in [3.8, 4) is 0 Å². The lowest BCUT2D eigenvalue weighted by Crippen LogP contribution is -2.20. The number of esters is 2. The Morgan fingerprint density at radius 1 is 1.10 bits per heavy atom. The number of rotatable bonds is 6. The lowest BCUT2D eigenvalue weighted by molar-refractivity contribution is 0.0377. The van der Waals surface area contributed by atoms with Crippen LogP contribution in [0, 0.1) is 0 Å². The minimum Gasteiger partial charge on any atom is -0.462 e. The summed E-state index contributed by atoms with van der Waals surface area (Å²) in [6.07, 6.45) is 3.89. The fraction of sp³-hybridized carbons (Fsp3) is 0.409. The van der Waals surface area contributed by atoms with Crippen molar-refractivity contribution in [2.24, 2.45) is 0 Å². The highest BCUT2D eigenvalue weighted by Gasteiger charge is 2.26. The number of fused-ring (bicyclic) bond motifs is 1. The molecule has 1 heterocycles. The van der Waals surface area contributed by atoms with Gasteiger partial charge in [0.05, 0.1) is 23.8 Å². The van der Waals surface area contributed by atoms with E-state index in [1.807, 2.05) is 13.8 Å². The summed E-state index contributed by atoms with van der Waals surface area (Å²) in [4.78, 5) is 25.7. The molecule has 1 aromatic heterocycles. The maximum absolute atomic E-state index is 12.6. The molecule has 0 spiro atoms.